The fourth-order valence-electron chi connectivity index (χ4n) is 1.40. The van der Waals surface area contributed by atoms with Crippen molar-refractivity contribution >= 4 is 6.29 Å². The zero-order valence-corrected chi connectivity index (χ0v) is 9.13. The first kappa shape index (κ1) is 12.7. The molecule has 6 nitrogen and oxygen atoms in total. The second-order valence-electron chi connectivity index (χ2n) is 3.24. The molecule has 1 N–H and O–H groups in total. The fourth-order valence-corrected chi connectivity index (χ4v) is 1.40. The topological polar surface area (TPSA) is 81.3 Å². The Balaban J connectivity index is 3.74. The van der Waals surface area contributed by atoms with Gasteiger partial charge in [-0.05, 0) is 0 Å². The lowest BCUT2D eigenvalue weighted by atomic mass is 10.3. The Morgan fingerprint density at radius 1 is 1.12 bits per heavy atom. The summed E-state index contributed by atoms with van der Waals surface area (Å²) >= 11 is 0. The van der Waals surface area contributed by atoms with Gasteiger partial charge in [-0.25, -0.2) is 4.79 Å². The number of allylic oxidation sites excluding steroid dienone is 2. The SMILES string of the molecule is C=CCn1c(O)c(C=O)c(=O)n(CC=C)c1=O. The van der Waals surface area contributed by atoms with Gasteiger partial charge in [-0.15, -0.1) is 13.2 Å². The van der Waals surface area contributed by atoms with E-state index in [1.54, 1.807) is 0 Å². The number of aldehydes is 1. The molecule has 0 bridgehead atoms. The van der Waals surface area contributed by atoms with Gasteiger partial charge < -0.3 is 5.11 Å². The van der Waals surface area contributed by atoms with E-state index in [2.05, 4.69) is 13.2 Å². The van der Waals surface area contributed by atoms with Gasteiger partial charge >= 0.3 is 5.69 Å². The summed E-state index contributed by atoms with van der Waals surface area (Å²) < 4.78 is 1.71. The number of hydrogen-bond donors (Lipinski definition) is 1. The van der Waals surface area contributed by atoms with Crippen molar-refractivity contribution in [2.24, 2.45) is 0 Å². The standard InChI is InChI=1S/C11H12N2O4/c1-3-5-12-9(15)8(7-14)10(16)13(6-4-2)11(12)17/h3-4,7,15H,1-2,5-6H2. The molecule has 0 radical (unpaired) electrons. The fraction of sp³-hybridized carbons (Fsp3) is 0.182. The molecular formula is C11H12N2O4. The van der Waals surface area contributed by atoms with Crippen molar-refractivity contribution in [2.75, 3.05) is 0 Å². The van der Waals surface area contributed by atoms with Gasteiger partial charge in [-0.3, -0.25) is 18.7 Å². The zero-order valence-electron chi connectivity index (χ0n) is 9.13. The van der Waals surface area contributed by atoms with Crippen LogP contribution in [-0.4, -0.2) is 20.5 Å². The Morgan fingerprint density at radius 3 is 2.12 bits per heavy atom. The van der Waals surface area contributed by atoms with Gasteiger partial charge in [0.25, 0.3) is 5.56 Å². The Kier molecular flexibility index (Phi) is 3.82. The first-order valence-corrected chi connectivity index (χ1v) is 4.82. The molecule has 1 aromatic heterocycles. The van der Waals surface area contributed by atoms with E-state index in [-0.39, 0.29) is 19.4 Å². The van der Waals surface area contributed by atoms with Crippen LogP contribution in [0.2, 0.25) is 0 Å². The first-order valence-electron chi connectivity index (χ1n) is 4.82. The van der Waals surface area contributed by atoms with E-state index in [0.717, 1.165) is 9.13 Å². The Morgan fingerprint density at radius 2 is 1.65 bits per heavy atom. The van der Waals surface area contributed by atoms with Crippen molar-refractivity contribution in [2.45, 2.75) is 13.1 Å². The third kappa shape index (κ3) is 2.10. The van der Waals surface area contributed by atoms with Crippen molar-refractivity contribution in [3.8, 4) is 5.88 Å². The average molecular weight is 236 g/mol. The number of rotatable bonds is 5. The van der Waals surface area contributed by atoms with Gasteiger partial charge in [0, 0.05) is 13.1 Å². The molecule has 90 valence electrons. The summed E-state index contributed by atoms with van der Waals surface area (Å²) in [6.07, 6.45) is 2.95. The predicted molar refractivity (Wildman–Crippen MR) is 62.4 cm³/mol. The van der Waals surface area contributed by atoms with Crippen LogP contribution in [0.5, 0.6) is 5.88 Å². The molecule has 17 heavy (non-hydrogen) atoms. The van der Waals surface area contributed by atoms with Crippen LogP contribution in [0, 0.1) is 0 Å². The lowest BCUT2D eigenvalue weighted by molar-refractivity contribution is 0.111. The van der Waals surface area contributed by atoms with E-state index in [1.165, 1.54) is 12.2 Å². The number of aromatic nitrogens is 2. The zero-order chi connectivity index (χ0) is 13.0. The van der Waals surface area contributed by atoms with E-state index in [9.17, 15) is 19.5 Å². The smallest absolute Gasteiger partial charge is 0.334 e. The normalized spacial score (nSPS) is 9.88. The largest absolute Gasteiger partial charge is 0.494 e. The lowest BCUT2D eigenvalue weighted by Gasteiger charge is -2.10. The third-order valence-electron chi connectivity index (χ3n) is 2.18. The Hall–Kier alpha value is -2.37. The number of hydrogen-bond acceptors (Lipinski definition) is 4. The highest BCUT2D eigenvalue weighted by Crippen LogP contribution is 2.07. The predicted octanol–water partition coefficient (Wildman–Crippen LogP) is -0.0999. The summed E-state index contributed by atoms with van der Waals surface area (Å²) in [7, 11) is 0. The summed E-state index contributed by atoms with van der Waals surface area (Å²) in [5, 5.41) is 9.62. The molecule has 0 fully saturated rings. The maximum absolute atomic E-state index is 11.8. The molecular weight excluding hydrogens is 224 g/mol. The molecule has 1 rings (SSSR count). The lowest BCUT2D eigenvalue weighted by Crippen LogP contribution is -2.41. The van der Waals surface area contributed by atoms with Crippen LogP contribution in [0.15, 0.2) is 34.9 Å². The van der Waals surface area contributed by atoms with Crippen molar-refractivity contribution in [1.29, 1.82) is 0 Å². The summed E-state index contributed by atoms with van der Waals surface area (Å²) in [4.78, 5) is 34.2. The molecule has 0 aromatic carbocycles. The van der Waals surface area contributed by atoms with Crippen molar-refractivity contribution in [3.63, 3.8) is 0 Å². The van der Waals surface area contributed by atoms with E-state index in [4.69, 9.17) is 0 Å². The molecule has 0 unspecified atom stereocenters. The van der Waals surface area contributed by atoms with E-state index in [0.29, 0.717) is 0 Å². The summed E-state index contributed by atoms with van der Waals surface area (Å²) in [6, 6.07) is 0. The molecule has 0 saturated carbocycles. The first-order chi connectivity index (χ1) is 8.08. The maximum Gasteiger partial charge on any atom is 0.334 e. The van der Waals surface area contributed by atoms with Gasteiger partial charge in [0.1, 0.15) is 5.56 Å². The third-order valence-corrected chi connectivity index (χ3v) is 2.18. The molecule has 0 aliphatic rings. The van der Waals surface area contributed by atoms with Crippen LogP contribution in [0.1, 0.15) is 10.4 Å². The molecule has 6 heteroatoms. The molecule has 0 aliphatic heterocycles. The van der Waals surface area contributed by atoms with Crippen LogP contribution in [-0.2, 0) is 13.1 Å². The second kappa shape index (κ2) is 5.11. The Labute approximate surface area is 96.7 Å². The van der Waals surface area contributed by atoms with Gasteiger partial charge in [0.05, 0.1) is 0 Å². The van der Waals surface area contributed by atoms with Gasteiger partial charge in [0.15, 0.2) is 6.29 Å². The highest BCUT2D eigenvalue weighted by atomic mass is 16.3. The highest BCUT2D eigenvalue weighted by Gasteiger charge is 2.16. The molecule has 0 atom stereocenters. The van der Waals surface area contributed by atoms with Gasteiger partial charge in [-0.1, -0.05) is 12.2 Å². The van der Waals surface area contributed by atoms with Crippen LogP contribution in [0.25, 0.3) is 0 Å². The number of carbonyl (C=O) groups excluding carboxylic acids is 1. The minimum atomic E-state index is -0.831. The second-order valence-corrected chi connectivity index (χ2v) is 3.24. The van der Waals surface area contributed by atoms with Crippen LogP contribution < -0.4 is 11.2 Å². The van der Waals surface area contributed by atoms with Crippen molar-refractivity contribution < 1.29 is 9.90 Å². The van der Waals surface area contributed by atoms with E-state index < -0.39 is 22.7 Å². The monoisotopic (exact) mass is 236 g/mol. The van der Waals surface area contributed by atoms with Crippen molar-refractivity contribution in [3.05, 3.63) is 51.7 Å². The molecule has 0 spiro atoms. The quantitative estimate of drug-likeness (QED) is 0.571. The van der Waals surface area contributed by atoms with Gasteiger partial charge in [-0.2, -0.15) is 0 Å². The number of carbonyl (C=O) groups is 1. The maximum atomic E-state index is 11.8. The summed E-state index contributed by atoms with van der Waals surface area (Å²) in [5.74, 6) is -0.643. The molecule has 0 saturated heterocycles. The minimum absolute atomic E-state index is 0.00291. The summed E-state index contributed by atoms with van der Waals surface area (Å²) in [5.41, 5.74) is -1.99. The molecule has 0 amide bonds. The molecule has 1 heterocycles. The Bertz CT molecular complexity index is 580. The number of aromatic hydroxyl groups is 1. The molecule has 0 aliphatic carbocycles. The van der Waals surface area contributed by atoms with E-state index >= 15 is 0 Å². The minimum Gasteiger partial charge on any atom is -0.494 e. The van der Waals surface area contributed by atoms with Gasteiger partial charge in [0.2, 0.25) is 5.88 Å². The van der Waals surface area contributed by atoms with Crippen molar-refractivity contribution in [1.82, 2.24) is 9.13 Å². The highest BCUT2D eigenvalue weighted by molar-refractivity contribution is 5.77. The van der Waals surface area contributed by atoms with Crippen LogP contribution >= 0.6 is 0 Å². The average Bonchev–Trinajstić information content (AvgIpc) is 2.31. The molecule has 1 aromatic rings. The van der Waals surface area contributed by atoms with Crippen LogP contribution in [0.4, 0.5) is 0 Å². The van der Waals surface area contributed by atoms with E-state index in [1.807, 2.05) is 0 Å². The van der Waals surface area contributed by atoms with Crippen LogP contribution in [0.3, 0.4) is 0 Å². The number of nitrogens with zero attached hydrogens (tertiary/aromatic N) is 2. The summed E-state index contributed by atoms with van der Waals surface area (Å²) in [6.45, 7) is 6.81.